The molecule has 5 nitrogen and oxygen atoms in total. The highest BCUT2D eigenvalue weighted by molar-refractivity contribution is 6.23. The molecule has 3 aromatic rings. The van der Waals surface area contributed by atoms with Crippen molar-refractivity contribution >= 4 is 23.4 Å². The van der Waals surface area contributed by atoms with Crippen LogP contribution in [-0.2, 0) is 16.1 Å². The number of amides is 3. The Bertz CT molecular complexity index is 1170. The van der Waals surface area contributed by atoms with E-state index in [0.29, 0.717) is 16.8 Å². The fourth-order valence-corrected chi connectivity index (χ4v) is 3.88. The minimum atomic E-state index is -0.943. The molecule has 32 heavy (non-hydrogen) atoms. The highest BCUT2D eigenvalue weighted by atomic mass is 19.1. The first-order valence-corrected chi connectivity index (χ1v) is 10.4. The molecule has 1 unspecified atom stereocenters. The standard InChI is InChI=1S/C26H23FN2O3/c1-17-6-12-22(13-7-17)29-24(30)15-23(26(29)32)28(16-19-8-10-21(27)11-9-19)25(31)20-5-3-4-18(2)14-20/h3-14,23H,15-16H2,1-2H3. The SMILES string of the molecule is Cc1ccc(N2C(=O)CC(N(Cc3ccc(F)cc3)C(=O)c3cccc(C)c3)C2=O)cc1. The molecule has 4 rings (SSSR count). The number of benzene rings is 3. The van der Waals surface area contributed by atoms with E-state index in [1.165, 1.54) is 17.0 Å². The summed E-state index contributed by atoms with van der Waals surface area (Å²) in [5, 5.41) is 0. The van der Waals surface area contributed by atoms with Gasteiger partial charge in [-0.2, -0.15) is 0 Å². The van der Waals surface area contributed by atoms with Crippen LogP contribution in [0.1, 0.15) is 33.5 Å². The first kappa shape index (κ1) is 21.4. The van der Waals surface area contributed by atoms with E-state index < -0.39 is 11.9 Å². The van der Waals surface area contributed by atoms with Crippen molar-refractivity contribution < 1.29 is 18.8 Å². The van der Waals surface area contributed by atoms with Gasteiger partial charge < -0.3 is 4.90 Å². The lowest BCUT2D eigenvalue weighted by atomic mass is 10.1. The van der Waals surface area contributed by atoms with Crippen molar-refractivity contribution in [2.45, 2.75) is 32.9 Å². The molecule has 1 aliphatic heterocycles. The van der Waals surface area contributed by atoms with Crippen LogP contribution in [0.15, 0.2) is 72.8 Å². The summed E-state index contributed by atoms with van der Waals surface area (Å²) in [5.74, 6) is -1.54. The van der Waals surface area contributed by atoms with Gasteiger partial charge in [0.15, 0.2) is 0 Å². The predicted octanol–water partition coefficient (Wildman–Crippen LogP) is 4.42. The molecule has 3 aromatic carbocycles. The van der Waals surface area contributed by atoms with Gasteiger partial charge in [-0.1, -0.05) is 47.5 Å². The number of carbonyl (C=O) groups excluding carboxylic acids is 3. The first-order valence-electron chi connectivity index (χ1n) is 10.4. The van der Waals surface area contributed by atoms with Gasteiger partial charge >= 0.3 is 0 Å². The monoisotopic (exact) mass is 430 g/mol. The van der Waals surface area contributed by atoms with Crippen molar-refractivity contribution in [2.24, 2.45) is 0 Å². The van der Waals surface area contributed by atoms with Crippen LogP contribution in [-0.4, -0.2) is 28.7 Å². The Kier molecular flexibility index (Phi) is 5.86. The maximum absolute atomic E-state index is 13.5. The Hall–Kier alpha value is -3.80. The molecule has 0 radical (unpaired) electrons. The molecule has 1 atom stereocenters. The topological polar surface area (TPSA) is 57.7 Å². The number of nitrogens with zero attached hydrogens (tertiary/aromatic N) is 2. The first-order chi connectivity index (χ1) is 15.3. The van der Waals surface area contributed by atoms with Crippen LogP contribution in [0.3, 0.4) is 0 Å². The second kappa shape index (κ2) is 8.75. The van der Waals surface area contributed by atoms with Gasteiger partial charge in [-0.3, -0.25) is 14.4 Å². The lowest BCUT2D eigenvalue weighted by Gasteiger charge is -2.28. The molecule has 1 saturated heterocycles. The molecule has 1 heterocycles. The van der Waals surface area contributed by atoms with Crippen LogP contribution >= 0.6 is 0 Å². The maximum Gasteiger partial charge on any atom is 0.257 e. The average molecular weight is 430 g/mol. The summed E-state index contributed by atoms with van der Waals surface area (Å²) in [6.45, 7) is 3.88. The number of carbonyl (C=O) groups is 3. The number of aryl methyl sites for hydroxylation is 2. The Morgan fingerprint density at radius 3 is 2.31 bits per heavy atom. The molecule has 1 fully saturated rings. The van der Waals surface area contributed by atoms with E-state index in [2.05, 4.69) is 0 Å². The van der Waals surface area contributed by atoms with Gasteiger partial charge in [0.25, 0.3) is 11.8 Å². The molecule has 0 aliphatic carbocycles. The van der Waals surface area contributed by atoms with Gasteiger partial charge in [-0.25, -0.2) is 9.29 Å². The maximum atomic E-state index is 13.5. The molecule has 3 amide bonds. The third-order valence-electron chi connectivity index (χ3n) is 5.58. The van der Waals surface area contributed by atoms with Crippen LogP contribution in [0, 0.1) is 19.7 Å². The van der Waals surface area contributed by atoms with E-state index in [4.69, 9.17) is 0 Å². The normalized spacial score (nSPS) is 15.8. The molecular weight excluding hydrogens is 407 g/mol. The van der Waals surface area contributed by atoms with Gasteiger partial charge in [0.05, 0.1) is 12.1 Å². The van der Waals surface area contributed by atoms with Crippen LogP contribution in [0.25, 0.3) is 0 Å². The zero-order valence-corrected chi connectivity index (χ0v) is 17.9. The van der Waals surface area contributed by atoms with Crippen molar-refractivity contribution in [1.82, 2.24) is 4.90 Å². The van der Waals surface area contributed by atoms with Crippen LogP contribution in [0.5, 0.6) is 0 Å². The van der Waals surface area contributed by atoms with Crippen LogP contribution in [0.2, 0.25) is 0 Å². The van der Waals surface area contributed by atoms with Gasteiger partial charge in [0.1, 0.15) is 11.9 Å². The summed E-state index contributed by atoms with van der Waals surface area (Å²) in [7, 11) is 0. The Morgan fingerprint density at radius 2 is 1.66 bits per heavy atom. The third-order valence-corrected chi connectivity index (χ3v) is 5.58. The summed E-state index contributed by atoms with van der Waals surface area (Å²) >= 11 is 0. The number of anilines is 1. The summed E-state index contributed by atoms with van der Waals surface area (Å²) in [4.78, 5) is 42.2. The van der Waals surface area contributed by atoms with E-state index in [-0.39, 0.29) is 30.6 Å². The summed E-state index contributed by atoms with van der Waals surface area (Å²) in [6, 6.07) is 19.0. The van der Waals surface area contributed by atoms with Crippen molar-refractivity contribution in [3.63, 3.8) is 0 Å². The minimum absolute atomic E-state index is 0.0818. The summed E-state index contributed by atoms with van der Waals surface area (Å²) < 4.78 is 13.4. The van der Waals surface area contributed by atoms with Gasteiger partial charge in [0.2, 0.25) is 5.91 Å². The zero-order chi connectivity index (χ0) is 22.8. The average Bonchev–Trinajstić information content (AvgIpc) is 3.07. The number of hydrogen-bond acceptors (Lipinski definition) is 3. The van der Waals surface area contributed by atoms with Crippen molar-refractivity contribution in [1.29, 1.82) is 0 Å². The zero-order valence-electron chi connectivity index (χ0n) is 17.9. The molecule has 1 aliphatic rings. The lowest BCUT2D eigenvalue weighted by Crippen LogP contribution is -2.45. The summed E-state index contributed by atoms with van der Waals surface area (Å²) in [6.07, 6.45) is -0.106. The van der Waals surface area contributed by atoms with Crippen molar-refractivity contribution in [3.8, 4) is 0 Å². The molecule has 0 bridgehead atoms. The molecule has 0 saturated carbocycles. The Morgan fingerprint density at radius 1 is 0.969 bits per heavy atom. The van der Waals surface area contributed by atoms with E-state index in [1.54, 1.807) is 42.5 Å². The number of hydrogen-bond donors (Lipinski definition) is 0. The smallest absolute Gasteiger partial charge is 0.257 e. The molecule has 6 heteroatoms. The molecule has 0 spiro atoms. The Balaban J connectivity index is 1.69. The highest BCUT2D eigenvalue weighted by Gasteiger charge is 2.44. The van der Waals surface area contributed by atoms with Crippen molar-refractivity contribution in [3.05, 3.63) is 101 Å². The third kappa shape index (κ3) is 4.30. The van der Waals surface area contributed by atoms with Crippen LogP contribution in [0.4, 0.5) is 10.1 Å². The van der Waals surface area contributed by atoms with E-state index in [9.17, 15) is 18.8 Å². The Labute approximate surface area is 186 Å². The fraction of sp³-hybridized carbons (Fsp3) is 0.192. The van der Waals surface area contributed by atoms with Crippen molar-refractivity contribution in [2.75, 3.05) is 4.90 Å². The van der Waals surface area contributed by atoms with E-state index in [1.807, 2.05) is 32.0 Å². The van der Waals surface area contributed by atoms with Gasteiger partial charge in [-0.05, 0) is 55.8 Å². The predicted molar refractivity (Wildman–Crippen MR) is 120 cm³/mol. The quantitative estimate of drug-likeness (QED) is 0.563. The van der Waals surface area contributed by atoms with Gasteiger partial charge in [0, 0.05) is 12.1 Å². The van der Waals surface area contributed by atoms with E-state index in [0.717, 1.165) is 16.0 Å². The highest BCUT2D eigenvalue weighted by Crippen LogP contribution is 2.28. The fourth-order valence-electron chi connectivity index (χ4n) is 3.88. The molecule has 0 N–H and O–H groups in total. The summed E-state index contributed by atoms with van der Waals surface area (Å²) in [5.41, 5.74) is 3.50. The van der Waals surface area contributed by atoms with Crippen LogP contribution < -0.4 is 4.90 Å². The van der Waals surface area contributed by atoms with Gasteiger partial charge in [-0.15, -0.1) is 0 Å². The lowest BCUT2D eigenvalue weighted by molar-refractivity contribution is -0.122. The largest absolute Gasteiger partial charge is 0.322 e. The number of halogens is 1. The van der Waals surface area contributed by atoms with E-state index >= 15 is 0 Å². The second-order valence-electron chi connectivity index (χ2n) is 8.05. The minimum Gasteiger partial charge on any atom is -0.322 e. The molecular formula is C26H23FN2O3. The second-order valence-corrected chi connectivity index (χ2v) is 8.05. The molecule has 162 valence electrons. The molecule has 0 aromatic heterocycles. The number of imide groups is 1. The number of rotatable bonds is 5.